The van der Waals surface area contributed by atoms with Gasteiger partial charge in [0.1, 0.15) is 5.01 Å². The van der Waals surface area contributed by atoms with Crippen molar-refractivity contribution in [1.82, 2.24) is 15.1 Å². The molecule has 1 aliphatic rings. The molecule has 1 aromatic heterocycles. The lowest BCUT2D eigenvalue weighted by Gasteiger charge is -2.11. The molecule has 0 saturated carbocycles. The highest BCUT2D eigenvalue weighted by molar-refractivity contribution is 8.18. The van der Waals surface area contributed by atoms with Crippen LogP contribution >= 0.6 is 23.1 Å². The van der Waals surface area contributed by atoms with Gasteiger partial charge in [0.05, 0.1) is 4.91 Å². The summed E-state index contributed by atoms with van der Waals surface area (Å²) in [5, 5.41) is 10.1. The number of hydrogen-bond acceptors (Lipinski definition) is 6. The number of benzene rings is 1. The summed E-state index contributed by atoms with van der Waals surface area (Å²) in [7, 11) is 0. The lowest BCUT2D eigenvalue weighted by atomic mass is 10.1. The first-order valence-corrected chi connectivity index (χ1v) is 8.87. The molecule has 5 nitrogen and oxygen atoms in total. The first kappa shape index (κ1) is 15.9. The van der Waals surface area contributed by atoms with E-state index in [1.807, 2.05) is 51.1 Å². The van der Waals surface area contributed by atoms with Crippen molar-refractivity contribution in [3.05, 3.63) is 45.3 Å². The molecular formula is C16H16N4OS2. The summed E-state index contributed by atoms with van der Waals surface area (Å²) in [6.07, 6.45) is 1.93. The number of thioether (sulfide) groups is 1. The van der Waals surface area contributed by atoms with E-state index >= 15 is 0 Å². The minimum atomic E-state index is -0.0132. The van der Waals surface area contributed by atoms with Crippen LogP contribution in [0, 0.1) is 13.8 Å². The summed E-state index contributed by atoms with van der Waals surface area (Å²) < 4.78 is 0. The Hall–Kier alpha value is -1.99. The smallest absolute Gasteiger partial charge is 0.266 e. The van der Waals surface area contributed by atoms with Crippen LogP contribution in [0.3, 0.4) is 0 Å². The van der Waals surface area contributed by atoms with Gasteiger partial charge in [-0.15, -0.1) is 10.2 Å². The fourth-order valence-corrected chi connectivity index (χ4v) is 3.83. The number of aryl methyl sites for hydroxylation is 2. The Morgan fingerprint density at radius 2 is 2.04 bits per heavy atom. The third-order valence-electron chi connectivity index (χ3n) is 3.39. The molecule has 1 saturated heterocycles. The minimum Gasteiger partial charge on any atom is -0.287 e. The molecule has 1 aliphatic heterocycles. The first-order valence-electron chi connectivity index (χ1n) is 7.24. The van der Waals surface area contributed by atoms with E-state index in [9.17, 15) is 4.79 Å². The van der Waals surface area contributed by atoms with E-state index in [2.05, 4.69) is 15.2 Å². The number of aliphatic imine (C=N–C) groups is 1. The fraction of sp³-hybridized carbons (Fsp3) is 0.250. The zero-order valence-electron chi connectivity index (χ0n) is 13.1. The van der Waals surface area contributed by atoms with Crippen molar-refractivity contribution >= 4 is 45.4 Å². The van der Waals surface area contributed by atoms with Crippen LogP contribution in [0.1, 0.15) is 23.1 Å². The highest BCUT2D eigenvalue weighted by Crippen LogP contribution is 2.34. The lowest BCUT2D eigenvalue weighted by Crippen LogP contribution is -2.28. The molecule has 2 aromatic rings. The Morgan fingerprint density at radius 3 is 2.70 bits per heavy atom. The number of likely N-dealkylation sites (N-methyl/N-ethyl adjacent to an activating group) is 1. The predicted molar refractivity (Wildman–Crippen MR) is 95.9 cm³/mol. The van der Waals surface area contributed by atoms with E-state index in [1.165, 1.54) is 23.1 Å². The number of rotatable bonds is 3. The number of nitrogens with zero attached hydrogens (tertiary/aromatic N) is 4. The van der Waals surface area contributed by atoms with E-state index in [4.69, 9.17) is 0 Å². The summed E-state index contributed by atoms with van der Waals surface area (Å²) in [4.78, 5) is 19.4. The van der Waals surface area contributed by atoms with Crippen molar-refractivity contribution in [3.63, 3.8) is 0 Å². The van der Waals surface area contributed by atoms with Crippen LogP contribution in [-0.2, 0) is 4.79 Å². The van der Waals surface area contributed by atoms with Crippen molar-refractivity contribution < 1.29 is 4.79 Å². The summed E-state index contributed by atoms with van der Waals surface area (Å²) >= 11 is 2.80. The molecule has 118 valence electrons. The van der Waals surface area contributed by atoms with E-state index in [-0.39, 0.29) is 5.91 Å². The van der Waals surface area contributed by atoms with Gasteiger partial charge in [-0.05, 0) is 49.7 Å². The van der Waals surface area contributed by atoms with Gasteiger partial charge in [0, 0.05) is 6.54 Å². The summed E-state index contributed by atoms with van der Waals surface area (Å²) in [5.74, 6) is -0.0132. The van der Waals surface area contributed by atoms with Crippen molar-refractivity contribution in [3.8, 4) is 0 Å². The second-order valence-electron chi connectivity index (χ2n) is 5.01. The van der Waals surface area contributed by atoms with Gasteiger partial charge in [-0.3, -0.25) is 9.69 Å². The topological polar surface area (TPSA) is 58.5 Å². The van der Waals surface area contributed by atoms with E-state index in [0.29, 0.717) is 21.7 Å². The molecule has 0 radical (unpaired) electrons. The van der Waals surface area contributed by atoms with Gasteiger partial charge in [0.15, 0.2) is 5.17 Å². The van der Waals surface area contributed by atoms with Crippen molar-refractivity contribution in [1.29, 1.82) is 0 Å². The SMILES string of the molecule is CCN1C(=O)/C(=C/c2ccccc2C)S/C1=N/c1nnc(C)s1. The summed E-state index contributed by atoms with van der Waals surface area (Å²) in [6.45, 7) is 6.44. The molecule has 2 heterocycles. The van der Waals surface area contributed by atoms with E-state index < -0.39 is 0 Å². The van der Waals surface area contributed by atoms with E-state index in [1.54, 1.807) is 4.90 Å². The molecule has 0 unspecified atom stereocenters. The number of amidine groups is 1. The number of carbonyl (C=O) groups is 1. The second kappa shape index (κ2) is 6.64. The quantitative estimate of drug-likeness (QED) is 0.795. The zero-order chi connectivity index (χ0) is 16.4. The molecule has 23 heavy (non-hydrogen) atoms. The summed E-state index contributed by atoms with van der Waals surface area (Å²) in [6, 6.07) is 8.01. The van der Waals surface area contributed by atoms with Gasteiger partial charge in [0.25, 0.3) is 5.91 Å². The molecule has 0 spiro atoms. The Labute approximate surface area is 143 Å². The van der Waals surface area contributed by atoms with Crippen LogP contribution in [0.2, 0.25) is 0 Å². The van der Waals surface area contributed by atoms with Gasteiger partial charge in [-0.2, -0.15) is 4.99 Å². The molecule has 3 rings (SSSR count). The standard InChI is InChI=1S/C16H16N4OS2/c1-4-20-14(21)13(9-12-8-6-5-7-10(12)2)23-16(20)17-15-19-18-11(3)22-15/h5-9H,4H2,1-3H3/b13-9-,17-16+. The monoisotopic (exact) mass is 344 g/mol. The van der Waals surface area contributed by atoms with Gasteiger partial charge in [-0.25, -0.2) is 0 Å². The number of carbonyl (C=O) groups excluding carboxylic acids is 1. The van der Waals surface area contributed by atoms with E-state index in [0.717, 1.165) is 16.1 Å². The predicted octanol–water partition coefficient (Wildman–Crippen LogP) is 3.78. The van der Waals surface area contributed by atoms with Crippen LogP contribution in [-0.4, -0.2) is 32.7 Å². The number of aromatic nitrogens is 2. The molecule has 1 aromatic carbocycles. The molecule has 0 aliphatic carbocycles. The molecule has 1 fully saturated rings. The minimum absolute atomic E-state index is 0.0132. The maximum Gasteiger partial charge on any atom is 0.266 e. The van der Waals surface area contributed by atoms with Crippen LogP contribution in [0.4, 0.5) is 5.13 Å². The fourth-order valence-electron chi connectivity index (χ4n) is 2.17. The van der Waals surface area contributed by atoms with Crippen LogP contribution in [0.25, 0.3) is 6.08 Å². The average molecular weight is 344 g/mol. The molecule has 1 amide bonds. The van der Waals surface area contributed by atoms with Gasteiger partial charge in [0.2, 0.25) is 5.13 Å². The highest BCUT2D eigenvalue weighted by Gasteiger charge is 2.32. The maximum absolute atomic E-state index is 12.6. The third-order valence-corrected chi connectivity index (χ3v) is 5.13. The largest absolute Gasteiger partial charge is 0.287 e. The Balaban J connectivity index is 1.95. The molecule has 0 atom stereocenters. The summed E-state index contributed by atoms with van der Waals surface area (Å²) in [5.41, 5.74) is 2.19. The maximum atomic E-state index is 12.6. The van der Waals surface area contributed by atoms with Crippen molar-refractivity contribution in [2.45, 2.75) is 20.8 Å². The van der Waals surface area contributed by atoms with Crippen molar-refractivity contribution in [2.75, 3.05) is 6.54 Å². The number of amides is 1. The Morgan fingerprint density at radius 1 is 1.26 bits per heavy atom. The average Bonchev–Trinajstić information content (AvgIpc) is 3.06. The van der Waals surface area contributed by atoms with Gasteiger partial charge in [-0.1, -0.05) is 35.6 Å². The first-order chi connectivity index (χ1) is 11.1. The second-order valence-corrected chi connectivity index (χ2v) is 7.18. The Kier molecular flexibility index (Phi) is 4.58. The molecule has 0 N–H and O–H groups in total. The highest BCUT2D eigenvalue weighted by atomic mass is 32.2. The molecular weight excluding hydrogens is 328 g/mol. The third kappa shape index (κ3) is 3.35. The normalized spacial score (nSPS) is 18.4. The van der Waals surface area contributed by atoms with Crippen LogP contribution in [0.15, 0.2) is 34.2 Å². The lowest BCUT2D eigenvalue weighted by molar-refractivity contribution is -0.122. The molecule has 7 heteroatoms. The number of hydrogen-bond donors (Lipinski definition) is 0. The van der Waals surface area contributed by atoms with Crippen molar-refractivity contribution in [2.24, 2.45) is 4.99 Å². The van der Waals surface area contributed by atoms with Crippen LogP contribution in [0.5, 0.6) is 0 Å². The van der Waals surface area contributed by atoms with Crippen LogP contribution < -0.4 is 0 Å². The van der Waals surface area contributed by atoms with Gasteiger partial charge >= 0.3 is 0 Å². The Bertz CT molecular complexity index is 810. The zero-order valence-corrected chi connectivity index (χ0v) is 14.7. The van der Waals surface area contributed by atoms with Gasteiger partial charge < -0.3 is 0 Å². The molecule has 0 bridgehead atoms.